The molecule has 1 rings (SSSR count). The largest absolute Gasteiger partial charge is 0.481 e. The third-order valence-electron chi connectivity index (χ3n) is 2.75. The van der Waals surface area contributed by atoms with Gasteiger partial charge in [0.2, 0.25) is 11.7 Å². The number of rotatable bonds is 8. The van der Waals surface area contributed by atoms with E-state index in [0.717, 1.165) is 19.3 Å². The summed E-state index contributed by atoms with van der Waals surface area (Å²) in [5.41, 5.74) is -0.0366. The maximum Gasteiger partial charge on any atom is 0.311 e. The second kappa shape index (κ2) is 7.52. The van der Waals surface area contributed by atoms with Crippen LogP contribution in [-0.2, 0) is 0 Å². The summed E-state index contributed by atoms with van der Waals surface area (Å²) in [6, 6.07) is 2.87. The molecule has 0 saturated carbocycles. The quantitative estimate of drug-likeness (QED) is 0.438. The molecule has 0 radical (unpaired) electrons. The Labute approximate surface area is 112 Å². The summed E-state index contributed by atoms with van der Waals surface area (Å²) in [6.45, 7) is 0.808. The summed E-state index contributed by atoms with van der Waals surface area (Å²) in [7, 11) is 3.23. The summed E-state index contributed by atoms with van der Waals surface area (Å²) < 4.78 is 4.99. The number of nitro groups is 1. The van der Waals surface area contributed by atoms with Gasteiger partial charge in [0.1, 0.15) is 0 Å². The van der Waals surface area contributed by atoms with Crippen molar-refractivity contribution in [3.63, 3.8) is 0 Å². The molecule has 0 aromatic carbocycles. The van der Waals surface area contributed by atoms with Gasteiger partial charge in [-0.15, -0.1) is 0 Å². The third kappa shape index (κ3) is 4.36. The number of methoxy groups -OCH3 is 1. The van der Waals surface area contributed by atoms with E-state index in [1.54, 1.807) is 11.9 Å². The fraction of sp³-hybridized carbons (Fsp3) is 0.583. The van der Waals surface area contributed by atoms with Gasteiger partial charge in [0, 0.05) is 32.3 Å². The Hall–Kier alpha value is -1.89. The van der Waals surface area contributed by atoms with E-state index in [1.807, 2.05) is 0 Å². The van der Waals surface area contributed by atoms with Crippen molar-refractivity contribution in [1.29, 1.82) is 0 Å². The predicted molar refractivity (Wildman–Crippen MR) is 71.7 cm³/mol. The number of aliphatic hydroxyl groups excluding tert-OH is 1. The molecule has 1 N–H and O–H groups in total. The maximum atomic E-state index is 11.0. The normalized spacial score (nSPS) is 10.3. The average molecular weight is 269 g/mol. The Balaban J connectivity index is 2.80. The first kappa shape index (κ1) is 15.2. The van der Waals surface area contributed by atoms with E-state index in [0.29, 0.717) is 18.2 Å². The van der Waals surface area contributed by atoms with Crippen LogP contribution in [0.1, 0.15) is 19.3 Å². The fourth-order valence-corrected chi connectivity index (χ4v) is 1.70. The fourth-order valence-electron chi connectivity index (χ4n) is 1.70. The Kier molecular flexibility index (Phi) is 6.01. The van der Waals surface area contributed by atoms with Crippen LogP contribution in [-0.4, -0.2) is 42.3 Å². The lowest BCUT2D eigenvalue weighted by molar-refractivity contribution is -0.384. The number of pyridine rings is 1. The monoisotopic (exact) mass is 269 g/mol. The summed E-state index contributed by atoms with van der Waals surface area (Å²) in [4.78, 5) is 16.4. The van der Waals surface area contributed by atoms with Gasteiger partial charge in [0.05, 0.1) is 12.0 Å². The van der Waals surface area contributed by atoms with Crippen LogP contribution >= 0.6 is 0 Å². The molecule has 0 spiro atoms. The van der Waals surface area contributed by atoms with E-state index in [1.165, 1.54) is 19.2 Å². The van der Waals surface area contributed by atoms with Crippen LogP contribution < -0.4 is 9.64 Å². The van der Waals surface area contributed by atoms with Crippen LogP contribution in [0.4, 0.5) is 11.5 Å². The Morgan fingerprint density at radius 3 is 2.74 bits per heavy atom. The molecular weight excluding hydrogens is 250 g/mol. The molecule has 7 nitrogen and oxygen atoms in total. The molecule has 19 heavy (non-hydrogen) atoms. The van der Waals surface area contributed by atoms with Crippen molar-refractivity contribution >= 4 is 11.5 Å². The lowest BCUT2D eigenvalue weighted by Gasteiger charge is -2.18. The molecule has 0 saturated heterocycles. The number of unbranched alkanes of at least 4 members (excludes halogenated alkanes) is 2. The van der Waals surface area contributed by atoms with Gasteiger partial charge in [0.25, 0.3) is 0 Å². The molecule has 0 atom stereocenters. The lowest BCUT2D eigenvalue weighted by Crippen LogP contribution is -2.21. The van der Waals surface area contributed by atoms with Crippen molar-refractivity contribution in [2.24, 2.45) is 0 Å². The maximum absolute atomic E-state index is 11.0. The van der Waals surface area contributed by atoms with Gasteiger partial charge in [-0.3, -0.25) is 10.1 Å². The zero-order valence-electron chi connectivity index (χ0n) is 11.2. The molecule has 0 bridgehead atoms. The molecule has 7 heteroatoms. The number of aromatic nitrogens is 1. The van der Waals surface area contributed by atoms with Crippen molar-refractivity contribution in [3.05, 3.63) is 22.2 Å². The molecule has 1 aromatic rings. The van der Waals surface area contributed by atoms with Crippen molar-refractivity contribution in [2.45, 2.75) is 19.3 Å². The smallest absolute Gasteiger partial charge is 0.311 e. The number of aliphatic hydroxyl groups is 1. The summed E-state index contributed by atoms with van der Waals surface area (Å²) in [6.07, 6.45) is 2.45. The minimum atomic E-state index is -0.452. The standard InChI is InChI=1S/C12H19N3O4/c1-14(8-4-3-5-9-16)12-10(15(17)18)6-7-11(13-12)19-2/h6-7,16H,3-5,8-9H2,1-2H3. The first-order chi connectivity index (χ1) is 9.10. The highest BCUT2D eigenvalue weighted by molar-refractivity contribution is 5.58. The van der Waals surface area contributed by atoms with Crippen molar-refractivity contribution in [3.8, 4) is 5.88 Å². The first-order valence-electron chi connectivity index (χ1n) is 6.11. The lowest BCUT2D eigenvalue weighted by atomic mass is 10.2. The number of ether oxygens (including phenoxy) is 1. The third-order valence-corrected chi connectivity index (χ3v) is 2.75. The molecule has 0 aliphatic carbocycles. The zero-order chi connectivity index (χ0) is 14.3. The highest BCUT2D eigenvalue weighted by Crippen LogP contribution is 2.27. The molecule has 106 valence electrons. The van der Waals surface area contributed by atoms with Gasteiger partial charge >= 0.3 is 5.69 Å². The van der Waals surface area contributed by atoms with Gasteiger partial charge in [-0.1, -0.05) is 0 Å². The van der Waals surface area contributed by atoms with E-state index >= 15 is 0 Å². The highest BCUT2D eigenvalue weighted by atomic mass is 16.6. The van der Waals surface area contributed by atoms with Crippen LogP contribution in [0.25, 0.3) is 0 Å². The number of hydrogen-bond acceptors (Lipinski definition) is 6. The van der Waals surface area contributed by atoms with Gasteiger partial charge in [-0.2, -0.15) is 4.98 Å². The number of hydrogen-bond donors (Lipinski definition) is 1. The van der Waals surface area contributed by atoms with Gasteiger partial charge < -0.3 is 14.7 Å². The van der Waals surface area contributed by atoms with Gasteiger partial charge in [-0.25, -0.2) is 0 Å². The second-order valence-electron chi connectivity index (χ2n) is 4.16. The first-order valence-corrected chi connectivity index (χ1v) is 6.11. The highest BCUT2D eigenvalue weighted by Gasteiger charge is 2.19. The van der Waals surface area contributed by atoms with E-state index in [4.69, 9.17) is 9.84 Å². The topological polar surface area (TPSA) is 88.7 Å². The molecule has 1 aromatic heterocycles. The molecule has 0 aliphatic heterocycles. The van der Waals surface area contributed by atoms with E-state index in [-0.39, 0.29) is 12.3 Å². The Morgan fingerprint density at radius 2 is 2.16 bits per heavy atom. The van der Waals surface area contributed by atoms with Crippen LogP contribution in [0.2, 0.25) is 0 Å². The van der Waals surface area contributed by atoms with Gasteiger partial charge in [-0.05, 0) is 19.3 Å². The average Bonchev–Trinajstić information content (AvgIpc) is 2.42. The van der Waals surface area contributed by atoms with E-state index < -0.39 is 4.92 Å². The number of anilines is 1. The van der Waals surface area contributed by atoms with Crippen molar-refractivity contribution < 1.29 is 14.8 Å². The van der Waals surface area contributed by atoms with Crippen LogP contribution in [0.15, 0.2) is 12.1 Å². The van der Waals surface area contributed by atoms with Crippen LogP contribution in [0.5, 0.6) is 5.88 Å². The SMILES string of the molecule is COc1ccc([N+](=O)[O-])c(N(C)CCCCCO)n1. The minimum absolute atomic E-state index is 0.0366. The summed E-state index contributed by atoms with van der Waals surface area (Å²) in [5, 5.41) is 19.7. The number of nitrogens with zero attached hydrogens (tertiary/aromatic N) is 3. The summed E-state index contributed by atoms with van der Waals surface area (Å²) >= 11 is 0. The molecule has 0 amide bonds. The minimum Gasteiger partial charge on any atom is -0.481 e. The molecule has 0 unspecified atom stereocenters. The van der Waals surface area contributed by atoms with Crippen molar-refractivity contribution in [1.82, 2.24) is 4.98 Å². The molecule has 1 heterocycles. The van der Waals surface area contributed by atoms with E-state index in [2.05, 4.69) is 4.98 Å². The predicted octanol–water partition coefficient (Wildman–Crippen LogP) is 1.60. The van der Waals surface area contributed by atoms with Crippen LogP contribution in [0, 0.1) is 10.1 Å². The Morgan fingerprint density at radius 1 is 1.42 bits per heavy atom. The van der Waals surface area contributed by atoms with Crippen molar-refractivity contribution in [2.75, 3.05) is 32.2 Å². The zero-order valence-corrected chi connectivity index (χ0v) is 11.2. The molecule has 0 aliphatic rings. The Bertz CT molecular complexity index is 425. The summed E-state index contributed by atoms with van der Waals surface area (Å²) in [5.74, 6) is 0.649. The molecule has 0 fully saturated rings. The van der Waals surface area contributed by atoms with Crippen LogP contribution in [0.3, 0.4) is 0 Å². The second-order valence-corrected chi connectivity index (χ2v) is 4.16. The molecular formula is C12H19N3O4. The van der Waals surface area contributed by atoms with E-state index in [9.17, 15) is 10.1 Å². The van der Waals surface area contributed by atoms with Gasteiger partial charge in [0.15, 0.2) is 0 Å².